The minimum Gasteiger partial charge on any atom is -0.349 e. The Morgan fingerprint density at radius 3 is 2.73 bits per heavy atom. The number of likely N-dealkylation sites (tertiary alicyclic amines) is 1. The first-order chi connectivity index (χ1) is 15.9. The van der Waals surface area contributed by atoms with Crippen molar-refractivity contribution in [2.24, 2.45) is 5.92 Å². The van der Waals surface area contributed by atoms with Gasteiger partial charge in [0.1, 0.15) is 5.82 Å². The van der Waals surface area contributed by atoms with Crippen LogP contribution in [0, 0.1) is 25.6 Å². The van der Waals surface area contributed by atoms with Gasteiger partial charge in [-0.3, -0.25) is 9.69 Å². The lowest BCUT2D eigenvalue weighted by molar-refractivity contribution is -0.127. The van der Waals surface area contributed by atoms with Crippen LogP contribution in [0.5, 0.6) is 0 Å². The normalized spacial score (nSPS) is 17.6. The lowest BCUT2D eigenvalue weighted by Crippen LogP contribution is -2.43. The topological polar surface area (TPSA) is 71.3 Å². The Kier molecular flexibility index (Phi) is 7.18. The smallest absolute Gasteiger partial charge is 0.241 e. The molecule has 1 amide bonds. The van der Waals surface area contributed by atoms with Crippen molar-refractivity contribution >= 4 is 5.91 Å². The first kappa shape index (κ1) is 23.1. The Labute approximate surface area is 194 Å². The molecule has 2 aromatic carbocycles. The molecule has 1 N–H and O–H groups in total. The van der Waals surface area contributed by atoms with E-state index in [1.54, 1.807) is 12.1 Å². The van der Waals surface area contributed by atoms with Crippen LogP contribution in [0.1, 0.15) is 54.8 Å². The molecule has 0 saturated carbocycles. The zero-order valence-corrected chi connectivity index (χ0v) is 19.5. The van der Waals surface area contributed by atoms with Gasteiger partial charge in [-0.2, -0.15) is 4.98 Å². The van der Waals surface area contributed by atoms with E-state index in [2.05, 4.69) is 59.3 Å². The van der Waals surface area contributed by atoms with E-state index in [1.165, 1.54) is 23.3 Å². The van der Waals surface area contributed by atoms with Crippen molar-refractivity contribution in [1.29, 1.82) is 0 Å². The molecule has 174 valence electrons. The molecule has 2 unspecified atom stereocenters. The molecule has 0 aliphatic carbocycles. The molecule has 3 aromatic rings. The van der Waals surface area contributed by atoms with Crippen LogP contribution in [0.15, 0.2) is 47.0 Å². The predicted octanol–water partition coefficient (Wildman–Crippen LogP) is 4.97. The lowest BCUT2D eigenvalue weighted by Gasteiger charge is -2.32. The van der Waals surface area contributed by atoms with Crippen LogP contribution in [0.4, 0.5) is 4.39 Å². The van der Waals surface area contributed by atoms with Crippen LogP contribution in [0.2, 0.25) is 0 Å². The summed E-state index contributed by atoms with van der Waals surface area (Å²) in [6.07, 6.45) is 2.66. The van der Waals surface area contributed by atoms with Gasteiger partial charge in [0.15, 0.2) is 0 Å². The molecule has 6 nitrogen and oxygen atoms in total. The zero-order chi connectivity index (χ0) is 23.4. The SMILES string of the molecule is CCC(NC(=O)C1CCCN(Cc2nc(-c3ccc(F)cc3)no2)C1)c1ccc(C)c(C)c1. The largest absolute Gasteiger partial charge is 0.349 e. The Morgan fingerprint density at radius 2 is 2.00 bits per heavy atom. The summed E-state index contributed by atoms with van der Waals surface area (Å²) in [6, 6.07) is 12.4. The maximum absolute atomic E-state index is 13.1. The summed E-state index contributed by atoms with van der Waals surface area (Å²) in [5, 5.41) is 7.28. The predicted molar refractivity (Wildman–Crippen MR) is 125 cm³/mol. The fourth-order valence-corrected chi connectivity index (χ4v) is 4.33. The highest BCUT2D eigenvalue weighted by Gasteiger charge is 2.28. The number of rotatable bonds is 7. The second-order valence-corrected chi connectivity index (χ2v) is 8.91. The summed E-state index contributed by atoms with van der Waals surface area (Å²) in [5.74, 6) is 0.663. The van der Waals surface area contributed by atoms with Crippen molar-refractivity contribution in [2.75, 3.05) is 13.1 Å². The number of amides is 1. The molecule has 2 heterocycles. The highest BCUT2D eigenvalue weighted by atomic mass is 19.1. The molecule has 7 heteroatoms. The summed E-state index contributed by atoms with van der Waals surface area (Å²) in [4.78, 5) is 19.7. The van der Waals surface area contributed by atoms with Gasteiger partial charge in [-0.1, -0.05) is 30.3 Å². The van der Waals surface area contributed by atoms with Gasteiger partial charge in [0.25, 0.3) is 0 Å². The van der Waals surface area contributed by atoms with Crippen LogP contribution in [0.25, 0.3) is 11.4 Å². The van der Waals surface area contributed by atoms with Gasteiger partial charge in [-0.05, 0) is 80.6 Å². The van der Waals surface area contributed by atoms with Crippen molar-refractivity contribution in [2.45, 2.75) is 52.6 Å². The van der Waals surface area contributed by atoms with Crippen molar-refractivity contribution in [3.63, 3.8) is 0 Å². The number of carbonyl (C=O) groups excluding carboxylic acids is 1. The second-order valence-electron chi connectivity index (χ2n) is 8.91. The van der Waals surface area contributed by atoms with Gasteiger partial charge in [0, 0.05) is 12.1 Å². The number of nitrogens with one attached hydrogen (secondary N) is 1. The zero-order valence-electron chi connectivity index (χ0n) is 19.5. The minimum atomic E-state index is -0.303. The first-order valence-electron chi connectivity index (χ1n) is 11.6. The maximum Gasteiger partial charge on any atom is 0.241 e. The molecule has 33 heavy (non-hydrogen) atoms. The number of aromatic nitrogens is 2. The average Bonchev–Trinajstić information content (AvgIpc) is 3.28. The second kappa shape index (κ2) is 10.3. The molecule has 1 aliphatic rings. The fraction of sp³-hybridized carbons (Fsp3) is 0.423. The monoisotopic (exact) mass is 450 g/mol. The molecule has 4 rings (SSSR count). The van der Waals surface area contributed by atoms with Gasteiger partial charge in [0.2, 0.25) is 17.6 Å². The van der Waals surface area contributed by atoms with E-state index in [-0.39, 0.29) is 23.7 Å². The van der Waals surface area contributed by atoms with E-state index in [1.807, 2.05) is 0 Å². The quantitative estimate of drug-likeness (QED) is 0.550. The van der Waals surface area contributed by atoms with Gasteiger partial charge < -0.3 is 9.84 Å². The van der Waals surface area contributed by atoms with Gasteiger partial charge in [-0.15, -0.1) is 0 Å². The summed E-state index contributed by atoms with van der Waals surface area (Å²) in [5.41, 5.74) is 4.36. The van der Waals surface area contributed by atoms with E-state index in [4.69, 9.17) is 4.52 Å². The van der Waals surface area contributed by atoms with Gasteiger partial charge >= 0.3 is 0 Å². The third-order valence-electron chi connectivity index (χ3n) is 6.46. The average molecular weight is 451 g/mol. The summed E-state index contributed by atoms with van der Waals surface area (Å²) in [6.45, 7) is 8.33. The van der Waals surface area contributed by atoms with E-state index in [0.717, 1.165) is 31.4 Å². The fourth-order valence-electron chi connectivity index (χ4n) is 4.33. The van der Waals surface area contributed by atoms with Crippen molar-refractivity contribution < 1.29 is 13.7 Å². The van der Waals surface area contributed by atoms with Crippen molar-refractivity contribution in [3.05, 3.63) is 70.9 Å². The highest BCUT2D eigenvalue weighted by molar-refractivity contribution is 5.79. The summed E-state index contributed by atoms with van der Waals surface area (Å²) < 4.78 is 18.6. The molecule has 1 aliphatic heterocycles. The number of nitrogens with zero attached hydrogens (tertiary/aromatic N) is 3. The minimum absolute atomic E-state index is 0.0152. The molecule has 0 bridgehead atoms. The van der Waals surface area contributed by atoms with Crippen LogP contribution < -0.4 is 5.32 Å². The van der Waals surface area contributed by atoms with Crippen molar-refractivity contribution in [1.82, 2.24) is 20.4 Å². The number of carbonyl (C=O) groups is 1. The van der Waals surface area contributed by atoms with E-state index in [0.29, 0.717) is 30.4 Å². The molecule has 0 radical (unpaired) electrons. The molecule has 1 saturated heterocycles. The first-order valence-corrected chi connectivity index (χ1v) is 11.6. The van der Waals surface area contributed by atoms with Gasteiger partial charge in [0.05, 0.1) is 18.5 Å². The number of benzene rings is 2. The number of aryl methyl sites for hydroxylation is 2. The van der Waals surface area contributed by atoms with Crippen LogP contribution in [-0.4, -0.2) is 34.0 Å². The number of piperidine rings is 1. The number of hydrogen-bond donors (Lipinski definition) is 1. The van der Waals surface area contributed by atoms with Crippen LogP contribution in [-0.2, 0) is 11.3 Å². The standard InChI is InChI=1S/C26H31FN4O2/c1-4-23(20-8-7-17(2)18(3)14-20)28-26(32)21-6-5-13-31(15-21)16-24-29-25(30-33-24)19-9-11-22(27)12-10-19/h7-12,14,21,23H,4-6,13,15-16H2,1-3H3,(H,28,32). The summed E-state index contributed by atoms with van der Waals surface area (Å²) >= 11 is 0. The highest BCUT2D eigenvalue weighted by Crippen LogP contribution is 2.24. The van der Waals surface area contributed by atoms with Crippen LogP contribution in [0.3, 0.4) is 0 Å². The number of hydrogen-bond acceptors (Lipinski definition) is 5. The molecule has 2 atom stereocenters. The Hall–Kier alpha value is -3.06. The Morgan fingerprint density at radius 1 is 1.21 bits per heavy atom. The van der Waals surface area contributed by atoms with Gasteiger partial charge in [-0.25, -0.2) is 4.39 Å². The molecule has 1 aromatic heterocycles. The summed E-state index contributed by atoms with van der Waals surface area (Å²) in [7, 11) is 0. The van der Waals surface area contributed by atoms with E-state index < -0.39 is 0 Å². The maximum atomic E-state index is 13.1. The lowest BCUT2D eigenvalue weighted by atomic mass is 9.95. The third-order valence-corrected chi connectivity index (χ3v) is 6.46. The van der Waals surface area contributed by atoms with Crippen molar-refractivity contribution in [3.8, 4) is 11.4 Å². The third kappa shape index (κ3) is 5.66. The van der Waals surface area contributed by atoms with E-state index >= 15 is 0 Å². The number of halogens is 1. The molecular weight excluding hydrogens is 419 g/mol. The van der Waals surface area contributed by atoms with Crippen LogP contribution >= 0.6 is 0 Å². The Bertz CT molecular complexity index is 1100. The molecule has 0 spiro atoms. The molecular formula is C26H31FN4O2. The molecule has 1 fully saturated rings. The Balaban J connectivity index is 1.36. The van der Waals surface area contributed by atoms with E-state index in [9.17, 15) is 9.18 Å².